The summed E-state index contributed by atoms with van der Waals surface area (Å²) in [6.07, 6.45) is 12.5. The summed E-state index contributed by atoms with van der Waals surface area (Å²) in [6.45, 7) is 5.22. The molecule has 126 valence electrons. The van der Waals surface area contributed by atoms with Crippen LogP contribution in [0.2, 0.25) is 0 Å². The van der Waals surface area contributed by atoms with Crippen molar-refractivity contribution in [2.75, 3.05) is 39.9 Å². The predicted octanol–water partition coefficient (Wildman–Crippen LogP) is 3.03. The molecule has 0 amide bonds. The fourth-order valence-electron chi connectivity index (χ4n) is 4.49. The lowest BCUT2D eigenvalue weighted by molar-refractivity contribution is 0.156. The lowest BCUT2D eigenvalue weighted by atomic mass is 9.86. The Morgan fingerprint density at radius 2 is 2.14 bits per heavy atom. The van der Waals surface area contributed by atoms with Crippen LogP contribution in [0.1, 0.15) is 57.8 Å². The van der Waals surface area contributed by atoms with Gasteiger partial charge in [0.1, 0.15) is 0 Å². The number of nitrogens with zero attached hydrogens (tertiary/aromatic N) is 2. The van der Waals surface area contributed by atoms with Crippen LogP contribution in [0.5, 0.6) is 0 Å². The van der Waals surface area contributed by atoms with Gasteiger partial charge in [0.05, 0.1) is 6.61 Å². The van der Waals surface area contributed by atoms with E-state index in [1.807, 2.05) is 7.05 Å². The molecule has 3 aliphatic rings. The zero-order valence-electron chi connectivity index (χ0n) is 14.3. The van der Waals surface area contributed by atoms with E-state index in [1.165, 1.54) is 57.8 Å². The van der Waals surface area contributed by atoms with E-state index in [0.29, 0.717) is 5.41 Å². The van der Waals surface area contributed by atoms with Crippen LogP contribution >= 0.6 is 0 Å². The molecule has 4 heteroatoms. The Bertz CT molecular complexity index is 371. The average molecular weight is 307 g/mol. The molecule has 1 atom stereocenters. The largest absolute Gasteiger partial charge is 0.381 e. The van der Waals surface area contributed by atoms with E-state index in [1.54, 1.807) is 0 Å². The van der Waals surface area contributed by atoms with Crippen LogP contribution in [-0.2, 0) is 4.74 Å². The first kappa shape index (κ1) is 16.1. The summed E-state index contributed by atoms with van der Waals surface area (Å²) in [7, 11) is 1.92. The number of likely N-dealkylation sites (tertiary alicyclic amines) is 1. The molecule has 3 rings (SSSR count). The summed E-state index contributed by atoms with van der Waals surface area (Å²) in [5.41, 5.74) is 0.416. The topological polar surface area (TPSA) is 36.9 Å². The maximum atomic E-state index is 5.62. The smallest absolute Gasteiger partial charge is 0.193 e. The molecule has 1 aliphatic carbocycles. The molecule has 0 aromatic rings. The molecule has 1 unspecified atom stereocenters. The Morgan fingerprint density at radius 3 is 2.86 bits per heavy atom. The molecule has 0 aromatic carbocycles. The summed E-state index contributed by atoms with van der Waals surface area (Å²) in [6, 6.07) is 0. The van der Waals surface area contributed by atoms with Crippen LogP contribution in [0.15, 0.2) is 4.99 Å². The van der Waals surface area contributed by atoms with Crippen molar-refractivity contribution in [1.29, 1.82) is 0 Å². The Labute approximate surface area is 135 Å². The Kier molecular flexibility index (Phi) is 5.61. The maximum absolute atomic E-state index is 5.62. The molecule has 4 nitrogen and oxygen atoms in total. The molecule has 1 N–H and O–H groups in total. The number of ether oxygens (including phenoxy) is 1. The summed E-state index contributed by atoms with van der Waals surface area (Å²) >= 11 is 0. The molecule has 0 radical (unpaired) electrons. The number of hydrogen-bond donors (Lipinski definition) is 1. The van der Waals surface area contributed by atoms with Gasteiger partial charge in [-0.2, -0.15) is 0 Å². The number of aliphatic imine (C=N–C) groups is 1. The van der Waals surface area contributed by atoms with Crippen molar-refractivity contribution in [3.8, 4) is 0 Å². The van der Waals surface area contributed by atoms with Gasteiger partial charge in [-0.05, 0) is 31.6 Å². The number of hydrogen-bond acceptors (Lipinski definition) is 2. The minimum absolute atomic E-state index is 0.416. The molecule has 2 saturated heterocycles. The highest BCUT2D eigenvalue weighted by atomic mass is 16.5. The van der Waals surface area contributed by atoms with Gasteiger partial charge in [-0.3, -0.25) is 4.99 Å². The van der Waals surface area contributed by atoms with E-state index in [4.69, 9.17) is 4.74 Å². The molecule has 0 aromatic heterocycles. The third-order valence-electron chi connectivity index (χ3n) is 5.93. The lowest BCUT2D eigenvalue weighted by Gasteiger charge is -2.25. The summed E-state index contributed by atoms with van der Waals surface area (Å²) in [4.78, 5) is 6.94. The first-order valence-electron chi connectivity index (χ1n) is 9.35. The minimum Gasteiger partial charge on any atom is -0.381 e. The summed E-state index contributed by atoms with van der Waals surface area (Å²) in [5.74, 6) is 2.09. The first-order chi connectivity index (χ1) is 10.8. The van der Waals surface area contributed by atoms with Crippen molar-refractivity contribution in [2.24, 2.45) is 16.3 Å². The van der Waals surface area contributed by atoms with Crippen molar-refractivity contribution in [3.05, 3.63) is 0 Å². The molecule has 3 fully saturated rings. The van der Waals surface area contributed by atoms with Gasteiger partial charge in [-0.15, -0.1) is 0 Å². The molecular weight excluding hydrogens is 274 g/mol. The van der Waals surface area contributed by atoms with Gasteiger partial charge < -0.3 is 15.0 Å². The van der Waals surface area contributed by atoms with Gasteiger partial charge in [0, 0.05) is 38.7 Å². The Morgan fingerprint density at radius 1 is 1.27 bits per heavy atom. The lowest BCUT2D eigenvalue weighted by Crippen LogP contribution is -2.41. The van der Waals surface area contributed by atoms with Crippen LogP contribution in [0.25, 0.3) is 0 Å². The highest BCUT2D eigenvalue weighted by Crippen LogP contribution is 2.38. The molecule has 1 spiro atoms. The third kappa shape index (κ3) is 3.95. The molecule has 0 bridgehead atoms. The quantitative estimate of drug-likeness (QED) is 0.493. The standard InChI is InChI=1S/C18H33N3O/c1-19-17(20-11-5-8-16-6-3-2-4-7-16)21-12-9-18(14-21)10-13-22-15-18/h16H,2-15H2,1H3,(H,19,20). The van der Waals surface area contributed by atoms with Crippen LogP contribution < -0.4 is 5.32 Å². The van der Waals surface area contributed by atoms with E-state index in [2.05, 4.69) is 15.2 Å². The van der Waals surface area contributed by atoms with Crippen molar-refractivity contribution < 1.29 is 4.74 Å². The number of guanidine groups is 1. The second-order valence-electron chi connectivity index (χ2n) is 7.59. The van der Waals surface area contributed by atoms with Crippen molar-refractivity contribution in [1.82, 2.24) is 10.2 Å². The average Bonchev–Trinajstić information content (AvgIpc) is 3.19. The monoisotopic (exact) mass is 307 g/mol. The molecule has 22 heavy (non-hydrogen) atoms. The van der Waals surface area contributed by atoms with E-state index < -0.39 is 0 Å². The zero-order chi connectivity index (χ0) is 15.3. The van der Waals surface area contributed by atoms with Crippen molar-refractivity contribution >= 4 is 5.96 Å². The number of rotatable bonds is 4. The van der Waals surface area contributed by atoms with Crippen LogP contribution in [-0.4, -0.2) is 50.8 Å². The third-order valence-corrected chi connectivity index (χ3v) is 5.93. The van der Waals surface area contributed by atoms with Crippen molar-refractivity contribution in [2.45, 2.75) is 57.8 Å². The molecule has 2 aliphatic heterocycles. The molecular formula is C18H33N3O. The van der Waals surface area contributed by atoms with Gasteiger partial charge in [0.2, 0.25) is 0 Å². The molecule has 1 saturated carbocycles. The van der Waals surface area contributed by atoms with Gasteiger partial charge in [-0.1, -0.05) is 32.1 Å². The second kappa shape index (κ2) is 7.67. The van der Waals surface area contributed by atoms with Crippen LogP contribution in [0.3, 0.4) is 0 Å². The van der Waals surface area contributed by atoms with E-state index in [-0.39, 0.29) is 0 Å². The summed E-state index contributed by atoms with van der Waals surface area (Å²) < 4.78 is 5.62. The van der Waals surface area contributed by atoms with Gasteiger partial charge in [0.15, 0.2) is 5.96 Å². The zero-order valence-corrected chi connectivity index (χ0v) is 14.3. The second-order valence-corrected chi connectivity index (χ2v) is 7.59. The maximum Gasteiger partial charge on any atom is 0.193 e. The van der Waals surface area contributed by atoms with Gasteiger partial charge in [-0.25, -0.2) is 0 Å². The predicted molar refractivity (Wildman–Crippen MR) is 91.2 cm³/mol. The highest BCUT2D eigenvalue weighted by molar-refractivity contribution is 5.80. The van der Waals surface area contributed by atoms with Crippen LogP contribution in [0, 0.1) is 11.3 Å². The van der Waals surface area contributed by atoms with Crippen molar-refractivity contribution in [3.63, 3.8) is 0 Å². The SMILES string of the molecule is CN=C(NCCCC1CCCCC1)N1CCC2(CCOC2)C1. The minimum atomic E-state index is 0.416. The van der Waals surface area contributed by atoms with Crippen LogP contribution in [0.4, 0.5) is 0 Å². The molecule has 2 heterocycles. The first-order valence-corrected chi connectivity index (χ1v) is 9.35. The fraction of sp³-hybridized carbons (Fsp3) is 0.944. The van der Waals surface area contributed by atoms with Gasteiger partial charge >= 0.3 is 0 Å². The van der Waals surface area contributed by atoms with E-state index in [9.17, 15) is 0 Å². The Balaban J connectivity index is 1.37. The Hall–Kier alpha value is -0.770. The van der Waals surface area contributed by atoms with E-state index in [0.717, 1.165) is 44.7 Å². The number of nitrogens with one attached hydrogen (secondary N) is 1. The van der Waals surface area contributed by atoms with Gasteiger partial charge in [0.25, 0.3) is 0 Å². The normalized spacial score (nSPS) is 30.4. The summed E-state index contributed by atoms with van der Waals surface area (Å²) in [5, 5.41) is 3.59. The fourth-order valence-corrected chi connectivity index (χ4v) is 4.49. The van der Waals surface area contributed by atoms with E-state index >= 15 is 0 Å². The highest BCUT2D eigenvalue weighted by Gasteiger charge is 2.42.